The minimum absolute atomic E-state index is 0.421. The Balaban J connectivity index is 1.61. The number of aromatic nitrogens is 2. The highest BCUT2D eigenvalue weighted by Gasteiger charge is 2.31. The Bertz CT molecular complexity index is 1350. The highest BCUT2D eigenvalue weighted by molar-refractivity contribution is 7.09. The Morgan fingerprint density at radius 2 is 1.89 bits per heavy atom. The molecule has 194 valence electrons. The van der Waals surface area contributed by atoms with Crippen molar-refractivity contribution in [3.63, 3.8) is 0 Å². The summed E-state index contributed by atoms with van der Waals surface area (Å²) in [5, 5.41) is 12.5. The van der Waals surface area contributed by atoms with E-state index >= 15 is 0 Å². The zero-order valence-electron chi connectivity index (χ0n) is 21.6. The number of rotatable bonds is 11. The molecule has 0 unspecified atom stereocenters. The number of aryl methyl sites for hydroxylation is 2. The molecule has 2 heterocycles. The van der Waals surface area contributed by atoms with Gasteiger partial charge in [-0.15, -0.1) is 11.3 Å². The number of benzene rings is 2. The molecule has 0 amide bonds. The highest BCUT2D eigenvalue weighted by atomic mass is 32.1. The monoisotopic (exact) mass is 521 g/mol. The van der Waals surface area contributed by atoms with E-state index in [4.69, 9.17) is 18.9 Å². The summed E-state index contributed by atoms with van der Waals surface area (Å²) in [7, 11) is 1.55. The highest BCUT2D eigenvalue weighted by Crippen LogP contribution is 2.36. The molecule has 8 nitrogen and oxygen atoms in total. The third-order valence-electron chi connectivity index (χ3n) is 5.93. The summed E-state index contributed by atoms with van der Waals surface area (Å²) in [6.45, 7) is 8.64. The molecule has 0 aliphatic carbocycles. The van der Waals surface area contributed by atoms with Gasteiger partial charge in [0.2, 0.25) is 5.89 Å². The van der Waals surface area contributed by atoms with Gasteiger partial charge in [0.15, 0.2) is 17.1 Å². The minimum atomic E-state index is -1.39. The Kier molecular flexibility index (Phi) is 7.94. The number of oxazole rings is 1. The second-order valence-corrected chi connectivity index (χ2v) is 10.3. The van der Waals surface area contributed by atoms with Gasteiger partial charge in [-0.3, -0.25) is 4.90 Å². The normalized spacial score (nSPS) is 11.6. The van der Waals surface area contributed by atoms with E-state index in [2.05, 4.69) is 9.88 Å². The summed E-state index contributed by atoms with van der Waals surface area (Å²) < 4.78 is 17.4. The first-order valence-electron chi connectivity index (χ1n) is 11.9. The van der Waals surface area contributed by atoms with Crippen molar-refractivity contribution in [2.45, 2.75) is 52.9 Å². The van der Waals surface area contributed by atoms with Crippen LogP contribution in [0.25, 0.3) is 11.5 Å². The topological polar surface area (TPSA) is 97.9 Å². The quantitative estimate of drug-likeness (QED) is 0.262. The maximum atomic E-state index is 11.6. The Labute approximate surface area is 220 Å². The van der Waals surface area contributed by atoms with E-state index in [0.717, 1.165) is 33.2 Å². The van der Waals surface area contributed by atoms with Crippen LogP contribution < -0.4 is 9.47 Å². The Morgan fingerprint density at radius 1 is 1.14 bits per heavy atom. The predicted molar refractivity (Wildman–Crippen MR) is 142 cm³/mol. The molecule has 9 heteroatoms. The fraction of sp³-hybridized carbons (Fsp3) is 0.321. The van der Waals surface area contributed by atoms with Crippen LogP contribution in [-0.2, 0) is 24.4 Å². The number of hydrogen-bond acceptors (Lipinski definition) is 8. The fourth-order valence-corrected chi connectivity index (χ4v) is 4.58. The van der Waals surface area contributed by atoms with Gasteiger partial charge in [0, 0.05) is 30.2 Å². The van der Waals surface area contributed by atoms with E-state index < -0.39 is 11.6 Å². The molecule has 0 aliphatic heterocycles. The molecule has 37 heavy (non-hydrogen) atoms. The van der Waals surface area contributed by atoms with Crippen LogP contribution >= 0.6 is 11.3 Å². The number of nitrogens with zero attached hydrogens (tertiary/aromatic N) is 3. The lowest BCUT2D eigenvalue weighted by Crippen LogP contribution is -2.38. The molecule has 0 saturated carbocycles. The lowest BCUT2D eigenvalue weighted by molar-refractivity contribution is -0.152. The second-order valence-electron chi connectivity index (χ2n) is 9.32. The summed E-state index contributed by atoms with van der Waals surface area (Å²) in [5.74, 6) is 1.23. The van der Waals surface area contributed by atoms with Crippen LogP contribution in [0, 0.1) is 13.8 Å². The minimum Gasteiger partial charge on any atom is -0.493 e. The first kappa shape index (κ1) is 26.4. The van der Waals surface area contributed by atoms with Gasteiger partial charge in [0.05, 0.1) is 19.3 Å². The predicted octanol–water partition coefficient (Wildman–Crippen LogP) is 5.87. The van der Waals surface area contributed by atoms with Crippen LogP contribution in [0.5, 0.6) is 11.5 Å². The van der Waals surface area contributed by atoms with Crippen molar-refractivity contribution in [1.82, 2.24) is 14.9 Å². The van der Waals surface area contributed by atoms with Gasteiger partial charge in [-0.1, -0.05) is 24.3 Å². The van der Waals surface area contributed by atoms with Crippen LogP contribution in [0.2, 0.25) is 0 Å². The first-order valence-corrected chi connectivity index (χ1v) is 12.8. The number of thiazole rings is 1. The summed E-state index contributed by atoms with van der Waals surface area (Å²) in [6.07, 6.45) is 1.80. The molecule has 2 aromatic heterocycles. The Morgan fingerprint density at radius 3 is 2.54 bits per heavy atom. The fourth-order valence-electron chi connectivity index (χ4n) is 3.93. The van der Waals surface area contributed by atoms with E-state index in [1.165, 1.54) is 13.8 Å². The lowest BCUT2D eigenvalue weighted by atomic mass is 10.1. The molecular weight excluding hydrogens is 490 g/mol. The third-order valence-corrected chi connectivity index (χ3v) is 6.69. The van der Waals surface area contributed by atoms with Gasteiger partial charge >= 0.3 is 5.97 Å². The van der Waals surface area contributed by atoms with Gasteiger partial charge in [-0.05, 0) is 57.0 Å². The maximum absolute atomic E-state index is 11.6. The molecular formula is C28H31N3O5S. The molecule has 0 saturated heterocycles. The number of aliphatic carboxylic acids is 1. The van der Waals surface area contributed by atoms with Gasteiger partial charge in [-0.2, -0.15) is 0 Å². The molecule has 4 rings (SSSR count). The van der Waals surface area contributed by atoms with E-state index in [1.54, 1.807) is 24.6 Å². The number of carbonyl (C=O) groups is 1. The lowest BCUT2D eigenvalue weighted by Gasteiger charge is -2.26. The standard InChI is InChI=1S/C28H31N3O5S/c1-18-13-20(14-23(34-5)25(18)36-28(3,4)27(32)33)15-31(17-24-29-11-12-37-24)16-22-19(2)35-26(30-22)21-9-7-6-8-10-21/h6-14H,15-17H2,1-5H3,(H,32,33). The molecule has 0 bridgehead atoms. The molecule has 0 atom stereocenters. The molecule has 0 aliphatic rings. The van der Waals surface area contributed by atoms with Crippen molar-refractivity contribution < 1.29 is 23.8 Å². The number of carboxylic acid groups (broad SMARTS) is 1. The third kappa shape index (κ3) is 6.36. The maximum Gasteiger partial charge on any atom is 0.347 e. The van der Waals surface area contributed by atoms with Crippen LogP contribution in [0.1, 0.15) is 41.4 Å². The van der Waals surface area contributed by atoms with E-state index in [-0.39, 0.29) is 0 Å². The largest absolute Gasteiger partial charge is 0.493 e. The van der Waals surface area contributed by atoms with Crippen molar-refractivity contribution in [3.05, 3.63) is 81.6 Å². The van der Waals surface area contributed by atoms with Crippen LogP contribution in [0.15, 0.2) is 58.5 Å². The average Bonchev–Trinajstić information content (AvgIpc) is 3.50. The van der Waals surface area contributed by atoms with Crippen LogP contribution in [-0.4, -0.2) is 38.7 Å². The van der Waals surface area contributed by atoms with Crippen LogP contribution in [0.3, 0.4) is 0 Å². The number of hydrogen-bond donors (Lipinski definition) is 1. The summed E-state index contributed by atoms with van der Waals surface area (Å²) in [6, 6.07) is 13.7. The zero-order valence-corrected chi connectivity index (χ0v) is 22.5. The summed E-state index contributed by atoms with van der Waals surface area (Å²) in [4.78, 5) is 23.1. The number of ether oxygens (including phenoxy) is 2. The van der Waals surface area contributed by atoms with Gasteiger partial charge < -0.3 is 19.0 Å². The van der Waals surface area contributed by atoms with Crippen molar-refractivity contribution in [3.8, 4) is 23.0 Å². The first-order chi connectivity index (χ1) is 17.7. The number of methoxy groups -OCH3 is 1. The molecule has 2 aromatic carbocycles. The summed E-state index contributed by atoms with van der Waals surface area (Å²) >= 11 is 1.60. The zero-order chi connectivity index (χ0) is 26.6. The summed E-state index contributed by atoms with van der Waals surface area (Å²) in [5.41, 5.74) is 2.20. The molecule has 0 fully saturated rings. The van der Waals surface area contributed by atoms with Crippen LogP contribution in [0.4, 0.5) is 0 Å². The van der Waals surface area contributed by atoms with E-state index in [0.29, 0.717) is 37.0 Å². The van der Waals surface area contributed by atoms with Crippen molar-refractivity contribution in [2.75, 3.05) is 7.11 Å². The number of carboxylic acids is 1. The molecule has 0 spiro atoms. The Hall–Kier alpha value is -3.69. The van der Waals surface area contributed by atoms with Gasteiger partial charge in [0.1, 0.15) is 10.8 Å². The van der Waals surface area contributed by atoms with E-state index in [9.17, 15) is 9.90 Å². The molecule has 1 N–H and O–H groups in total. The van der Waals surface area contributed by atoms with Crippen molar-refractivity contribution in [1.29, 1.82) is 0 Å². The van der Waals surface area contributed by atoms with E-state index in [1.807, 2.05) is 61.7 Å². The smallest absolute Gasteiger partial charge is 0.347 e. The van der Waals surface area contributed by atoms with Gasteiger partial charge in [0.25, 0.3) is 0 Å². The second kappa shape index (κ2) is 11.1. The molecule has 4 aromatic rings. The average molecular weight is 522 g/mol. The van der Waals surface area contributed by atoms with Crippen molar-refractivity contribution >= 4 is 17.3 Å². The van der Waals surface area contributed by atoms with Crippen molar-refractivity contribution in [2.24, 2.45) is 0 Å². The SMILES string of the molecule is COc1cc(CN(Cc2nccs2)Cc2nc(-c3ccccc3)oc2C)cc(C)c1OC(C)(C)C(=O)O. The molecule has 0 radical (unpaired) electrons. The van der Waals surface area contributed by atoms with Gasteiger partial charge in [-0.25, -0.2) is 14.8 Å².